The van der Waals surface area contributed by atoms with Crippen molar-refractivity contribution in [2.75, 3.05) is 25.6 Å². The topological polar surface area (TPSA) is 82.5 Å². The van der Waals surface area contributed by atoms with Gasteiger partial charge in [-0.1, -0.05) is 0 Å². The van der Waals surface area contributed by atoms with Crippen LogP contribution in [0.15, 0.2) is 30.6 Å². The van der Waals surface area contributed by atoms with Crippen molar-refractivity contribution < 1.29 is 22.3 Å². The second-order valence-corrected chi connectivity index (χ2v) is 8.68. The van der Waals surface area contributed by atoms with Gasteiger partial charge < -0.3 is 9.47 Å². The molecule has 0 radical (unpaired) electrons. The zero-order valence-electron chi connectivity index (χ0n) is 15.4. The molecule has 7 nitrogen and oxygen atoms in total. The Hall–Kier alpha value is -1.97. The van der Waals surface area contributed by atoms with Gasteiger partial charge in [0.15, 0.2) is 11.6 Å². The minimum Gasteiger partial charge on any atom is -0.490 e. The summed E-state index contributed by atoms with van der Waals surface area (Å²) in [6, 6.07) is 4.35. The fraction of sp³-hybridized carbons (Fsp3) is 0.500. The van der Waals surface area contributed by atoms with E-state index >= 15 is 0 Å². The van der Waals surface area contributed by atoms with Crippen molar-refractivity contribution >= 4 is 10.0 Å². The zero-order chi connectivity index (χ0) is 19.4. The average molecular weight is 397 g/mol. The Bertz CT molecular complexity index is 884. The summed E-state index contributed by atoms with van der Waals surface area (Å²) in [4.78, 5) is 0. The second kappa shape index (κ2) is 8.37. The summed E-state index contributed by atoms with van der Waals surface area (Å²) in [5.41, 5.74) is 1.58. The summed E-state index contributed by atoms with van der Waals surface area (Å²) in [5, 5.41) is 4.16. The Balaban J connectivity index is 1.66. The first-order chi connectivity index (χ1) is 12.9. The molecular formula is C18H24FN3O4S. The molecule has 2 aromatic rings. The summed E-state index contributed by atoms with van der Waals surface area (Å²) >= 11 is 0. The molecule has 3 rings (SSSR count). The van der Waals surface area contributed by atoms with Gasteiger partial charge in [0.1, 0.15) is 0 Å². The Morgan fingerprint density at radius 3 is 2.93 bits per heavy atom. The molecular weight excluding hydrogens is 373 g/mol. The van der Waals surface area contributed by atoms with Crippen molar-refractivity contribution in [3.8, 4) is 11.4 Å². The molecule has 1 aliphatic heterocycles. The lowest BCUT2D eigenvalue weighted by Gasteiger charge is -2.31. The molecule has 9 heteroatoms. The number of benzene rings is 1. The quantitative estimate of drug-likeness (QED) is 0.773. The third-order valence-corrected chi connectivity index (χ3v) is 5.95. The lowest BCUT2D eigenvalue weighted by atomic mass is 9.98. The zero-order valence-corrected chi connectivity index (χ0v) is 16.2. The molecule has 1 aliphatic rings. The first-order valence-corrected chi connectivity index (χ1v) is 10.5. The molecule has 0 saturated carbocycles. The van der Waals surface area contributed by atoms with E-state index in [4.69, 9.17) is 9.47 Å². The number of nitrogens with one attached hydrogen (secondary N) is 1. The van der Waals surface area contributed by atoms with E-state index in [0.29, 0.717) is 25.3 Å². The van der Waals surface area contributed by atoms with Crippen molar-refractivity contribution in [2.24, 2.45) is 5.92 Å². The van der Waals surface area contributed by atoms with Gasteiger partial charge in [0.2, 0.25) is 10.0 Å². The molecule has 1 fully saturated rings. The number of hydrogen-bond donors (Lipinski definition) is 1. The van der Waals surface area contributed by atoms with Gasteiger partial charge in [-0.3, -0.25) is 0 Å². The number of aryl methyl sites for hydroxylation is 1. The number of rotatable bonds is 7. The Kier molecular flexibility index (Phi) is 6.13. The van der Waals surface area contributed by atoms with Crippen LogP contribution in [0.25, 0.3) is 5.69 Å². The molecule has 0 aliphatic carbocycles. The van der Waals surface area contributed by atoms with Gasteiger partial charge in [-0.15, -0.1) is 0 Å². The van der Waals surface area contributed by atoms with Gasteiger partial charge >= 0.3 is 0 Å². The molecule has 27 heavy (non-hydrogen) atoms. The minimum atomic E-state index is -3.32. The van der Waals surface area contributed by atoms with Gasteiger partial charge in [-0.05, 0) is 38.0 Å². The molecule has 0 unspecified atom stereocenters. The Morgan fingerprint density at radius 2 is 2.26 bits per heavy atom. The van der Waals surface area contributed by atoms with Crippen molar-refractivity contribution in [3.63, 3.8) is 0 Å². The maximum Gasteiger partial charge on any atom is 0.211 e. The predicted octanol–water partition coefficient (Wildman–Crippen LogP) is 2.04. The lowest BCUT2D eigenvalue weighted by molar-refractivity contribution is 0.0180. The number of ether oxygens (including phenoxy) is 2. The normalized spacial score (nSPS) is 20.6. The molecule has 2 heterocycles. The van der Waals surface area contributed by atoms with Crippen LogP contribution >= 0.6 is 0 Å². The van der Waals surface area contributed by atoms with Crippen LogP contribution in [0.2, 0.25) is 0 Å². The Morgan fingerprint density at radius 1 is 1.44 bits per heavy atom. The molecule has 0 spiro atoms. The van der Waals surface area contributed by atoms with Crippen molar-refractivity contribution in [1.82, 2.24) is 14.5 Å². The molecule has 0 amide bonds. The largest absolute Gasteiger partial charge is 0.490 e. The van der Waals surface area contributed by atoms with Crippen LogP contribution in [-0.4, -0.2) is 49.8 Å². The average Bonchev–Trinajstić information content (AvgIpc) is 3.08. The number of hydrogen-bond acceptors (Lipinski definition) is 5. The highest BCUT2D eigenvalue weighted by atomic mass is 32.2. The van der Waals surface area contributed by atoms with E-state index in [-0.39, 0.29) is 30.1 Å². The van der Waals surface area contributed by atoms with Crippen LogP contribution in [0.4, 0.5) is 4.39 Å². The van der Waals surface area contributed by atoms with Crippen LogP contribution in [-0.2, 0) is 14.8 Å². The van der Waals surface area contributed by atoms with Gasteiger partial charge in [-0.2, -0.15) is 5.10 Å². The first-order valence-electron chi connectivity index (χ1n) is 8.89. The summed E-state index contributed by atoms with van der Waals surface area (Å²) in [6.07, 6.45) is 4.06. The summed E-state index contributed by atoms with van der Waals surface area (Å²) in [5.74, 6) is -0.553. The monoisotopic (exact) mass is 397 g/mol. The molecule has 1 aromatic heterocycles. The third-order valence-electron chi connectivity index (χ3n) is 4.53. The smallest absolute Gasteiger partial charge is 0.211 e. The van der Waals surface area contributed by atoms with E-state index in [0.717, 1.165) is 5.56 Å². The summed E-state index contributed by atoms with van der Waals surface area (Å²) in [7, 11) is -3.32. The molecule has 148 valence electrons. The minimum absolute atomic E-state index is 0.0148. The maximum atomic E-state index is 14.4. The highest BCUT2D eigenvalue weighted by Gasteiger charge is 2.29. The van der Waals surface area contributed by atoms with E-state index in [9.17, 15) is 12.8 Å². The molecule has 1 saturated heterocycles. The number of nitrogens with zero attached hydrogens (tertiary/aromatic N) is 2. The van der Waals surface area contributed by atoms with E-state index in [2.05, 4.69) is 9.82 Å². The van der Waals surface area contributed by atoms with Crippen LogP contribution in [0.3, 0.4) is 0 Å². The first kappa shape index (κ1) is 19.8. The van der Waals surface area contributed by atoms with Crippen molar-refractivity contribution in [3.05, 3.63) is 42.0 Å². The van der Waals surface area contributed by atoms with Crippen LogP contribution < -0.4 is 9.46 Å². The maximum absolute atomic E-state index is 14.4. The Labute approximate surface area is 158 Å². The third kappa shape index (κ3) is 5.06. The van der Waals surface area contributed by atoms with Crippen LogP contribution in [0.1, 0.15) is 18.9 Å². The van der Waals surface area contributed by atoms with E-state index in [1.54, 1.807) is 36.1 Å². The summed E-state index contributed by atoms with van der Waals surface area (Å²) < 4.78 is 53.5. The van der Waals surface area contributed by atoms with Gasteiger partial charge in [0.25, 0.3) is 0 Å². The fourth-order valence-electron chi connectivity index (χ4n) is 2.93. The number of sulfonamides is 1. The van der Waals surface area contributed by atoms with E-state index in [1.165, 1.54) is 6.07 Å². The van der Waals surface area contributed by atoms with Gasteiger partial charge in [-0.25, -0.2) is 22.2 Å². The van der Waals surface area contributed by atoms with Crippen LogP contribution in [0.5, 0.6) is 5.75 Å². The molecule has 1 aromatic carbocycles. The van der Waals surface area contributed by atoms with Gasteiger partial charge in [0.05, 0.1) is 30.9 Å². The van der Waals surface area contributed by atoms with E-state index in [1.807, 2.05) is 6.92 Å². The second-order valence-electron chi connectivity index (χ2n) is 6.64. The van der Waals surface area contributed by atoms with Gasteiger partial charge in [0, 0.05) is 30.8 Å². The fourth-order valence-corrected chi connectivity index (χ4v) is 3.87. The molecule has 1 N–H and O–H groups in total. The highest BCUT2D eigenvalue weighted by molar-refractivity contribution is 7.89. The van der Waals surface area contributed by atoms with Crippen LogP contribution in [0, 0.1) is 18.7 Å². The van der Waals surface area contributed by atoms with Crippen molar-refractivity contribution in [1.29, 1.82) is 0 Å². The van der Waals surface area contributed by atoms with E-state index < -0.39 is 15.8 Å². The lowest BCUT2D eigenvalue weighted by Crippen LogP contribution is -2.48. The number of aromatic nitrogens is 2. The predicted molar refractivity (Wildman–Crippen MR) is 99.1 cm³/mol. The van der Waals surface area contributed by atoms with Crippen molar-refractivity contribution in [2.45, 2.75) is 26.3 Å². The SMILES string of the molecule is CCS(=O)(=O)N[C@H]1CCOC[C@@H]1COc1ccc(-n2cc(C)cn2)cc1F. The molecule has 2 atom stereocenters. The standard InChI is InChI=1S/C18H24FN3O4S/c1-3-27(23,24)21-17-6-7-25-11-14(17)12-26-18-5-4-15(8-16(18)19)22-10-13(2)9-20-22/h4-5,8-10,14,17,21H,3,6-7,11-12H2,1-2H3/t14-,17+/m1/s1. The molecule has 0 bridgehead atoms. The highest BCUT2D eigenvalue weighted by Crippen LogP contribution is 2.23. The summed E-state index contributed by atoms with van der Waals surface area (Å²) in [6.45, 7) is 4.51. The number of halogens is 1.